The third-order valence-corrected chi connectivity index (χ3v) is 3.14. The molecule has 1 aliphatic heterocycles. The van der Waals surface area contributed by atoms with Crippen LogP contribution in [0.25, 0.3) is 0 Å². The average molecular weight is 285 g/mol. The van der Waals surface area contributed by atoms with E-state index in [4.69, 9.17) is 18.7 Å². The molecule has 2 rings (SSSR count). The third-order valence-electron chi connectivity index (χ3n) is 3.14. The zero-order valence-electron chi connectivity index (χ0n) is 12.0. The first kappa shape index (κ1) is 15.4. The van der Waals surface area contributed by atoms with Gasteiger partial charge in [0.2, 0.25) is 0 Å². The Morgan fingerprint density at radius 3 is 2.90 bits per heavy atom. The Hall–Kier alpha value is -1.02. The zero-order chi connectivity index (χ0) is 14.0. The van der Waals surface area contributed by atoms with Gasteiger partial charge in [-0.05, 0) is 25.9 Å². The van der Waals surface area contributed by atoms with Gasteiger partial charge in [-0.2, -0.15) is 4.98 Å². The van der Waals surface area contributed by atoms with Crippen LogP contribution in [0.4, 0.5) is 0 Å². The Morgan fingerprint density at radius 1 is 1.25 bits per heavy atom. The molecule has 2 heterocycles. The molecule has 0 amide bonds. The number of nitrogens with one attached hydrogen (secondary N) is 1. The van der Waals surface area contributed by atoms with E-state index in [9.17, 15) is 0 Å². The van der Waals surface area contributed by atoms with E-state index in [0.717, 1.165) is 25.9 Å². The number of aromatic nitrogens is 2. The lowest BCUT2D eigenvalue weighted by molar-refractivity contribution is 0.00859. The van der Waals surface area contributed by atoms with Crippen molar-refractivity contribution in [3.8, 4) is 0 Å². The first-order valence-corrected chi connectivity index (χ1v) is 7.09. The molecule has 1 aromatic heterocycles. The Labute approximate surface area is 119 Å². The fourth-order valence-corrected chi connectivity index (χ4v) is 2.01. The van der Waals surface area contributed by atoms with Crippen LogP contribution in [-0.2, 0) is 27.2 Å². The molecular formula is C13H23N3O4. The molecule has 0 aliphatic carbocycles. The summed E-state index contributed by atoms with van der Waals surface area (Å²) in [6.07, 6.45) is 3.01. The van der Waals surface area contributed by atoms with Crippen molar-refractivity contribution in [2.45, 2.75) is 32.0 Å². The molecule has 0 bridgehead atoms. The summed E-state index contributed by atoms with van der Waals surface area (Å²) in [5.74, 6) is 1.20. The Kier molecular flexibility index (Phi) is 6.93. The normalized spacial score (nSPS) is 16.6. The van der Waals surface area contributed by atoms with Gasteiger partial charge in [-0.1, -0.05) is 5.16 Å². The quantitative estimate of drug-likeness (QED) is 0.663. The van der Waals surface area contributed by atoms with Crippen LogP contribution in [0.5, 0.6) is 0 Å². The van der Waals surface area contributed by atoms with Crippen LogP contribution in [0.2, 0.25) is 0 Å². The minimum absolute atomic E-state index is 0.295. The number of piperidine rings is 1. The van der Waals surface area contributed by atoms with Gasteiger partial charge >= 0.3 is 0 Å². The monoisotopic (exact) mass is 285 g/mol. The summed E-state index contributed by atoms with van der Waals surface area (Å²) in [6.45, 7) is 4.17. The highest BCUT2D eigenvalue weighted by molar-refractivity contribution is 4.85. The molecule has 1 fully saturated rings. The van der Waals surface area contributed by atoms with Crippen LogP contribution in [0.1, 0.15) is 24.6 Å². The number of ether oxygens (including phenoxy) is 3. The number of hydrogen-bond donors (Lipinski definition) is 1. The van der Waals surface area contributed by atoms with E-state index >= 15 is 0 Å². The van der Waals surface area contributed by atoms with Crippen molar-refractivity contribution in [2.75, 3.05) is 40.0 Å². The van der Waals surface area contributed by atoms with Gasteiger partial charge in [-0.15, -0.1) is 0 Å². The van der Waals surface area contributed by atoms with Gasteiger partial charge in [-0.25, -0.2) is 0 Å². The van der Waals surface area contributed by atoms with E-state index in [0.29, 0.717) is 50.7 Å². The second kappa shape index (κ2) is 9.02. The van der Waals surface area contributed by atoms with Gasteiger partial charge in [-0.3, -0.25) is 0 Å². The first-order valence-electron chi connectivity index (χ1n) is 7.09. The topological polar surface area (TPSA) is 78.6 Å². The SMILES string of the molecule is COCCOCCc1noc(COC2CCNCC2)n1. The molecular weight excluding hydrogens is 262 g/mol. The Bertz CT molecular complexity index is 366. The molecule has 0 spiro atoms. The van der Waals surface area contributed by atoms with Crippen molar-refractivity contribution in [2.24, 2.45) is 0 Å². The zero-order valence-corrected chi connectivity index (χ0v) is 12.0. The van der Waals surface area contributed by atoms with Gasteiger partial charge in [0, 0.05) is 13.5 Å². The van der Waals surface area contributed by atoms with Crippen molar-refractivity contribution in [3.05, 3.63) is 11.7 Å². The van der Waals surface area contributed by atoms with Crippen LogP contribution in [0.3, 0.4) is 0 Å². The van der Waals surface area contributed by atoms with Gasteiger partial charge in [0.15, 0.2) is 5.82 Å². The summed E-state index contributed by atoms with van der Waals surface area (Å²) < 4.78 is 21.2. The van der Waals surface area contributed by atoms with E-state index < -0.39 is 0 Å². The molecule has 0 radical (unpaired) electrons. The molecule has 1 aromatic rings. The third kappa shape index (κ3) is 5.54. The smallest absolute Gasteiger partial charge is 0.252 e. The van der Waals surface area contributed by atoms with E-state index in [1.807, 2.05) is 0 Å². The maximum Gasteiger partial charge on any atom is 0.252 e. The number of rotatable bonds is 9. The summed E-state index contributed by atoms with van der Waals surface area (Å²) in [7, 11) is 1.65. The van der Waals surface area contributed by atoms with Crippen molar-refractivity contribution >= 4 is 0 Å². The van der Waals surface area contributed by atoms with Crippen LogP contribution in [0, 0.1) is 0 Å². The lowest BCUT2D eigenvalue weighted by atomic mass is 10.1. The summed E-state index contributed by atoms with van der Waals surface area (Å²) in [6, 6.07) is 0. The standard InChI is InChI=1S/C13H23N3O4/c1-17-8-9-18-7-4-12-15-13(20-16-12)10-19-11-2-5-14-6-3-11/h11,14H,2-10H2,1H3. The molecule has 0 atom stereocenters. The van der Waals surface area contributed by atoms with Crippen LogP contribution >= 0.6 is 0 Å². The van der Waals surface area contributed by atoms with Gasteiger partial charge < -0.3 is 24.1 Å². The summed E-state index contributed by atoms with van der Waals surface area (Å²) in [5.41, 5.74) is 0. The van der Waals surface area contributed by atoms with Crippen molar-refractivity contribution in [3.63, 3.8) is 0 Å². The maximum atomic E-state index is 5.76. The second-order valence-corrected chi connectivity index (χ2v) is 4.72. The Balaban J connectivity index is 1.61. The highest BCUT2D eigenvalue weighted by Crippen LogP contribution is 2.10. The Morgan fingerprint density at radius 2 is 2.10 bits per heavy atom. The highest BCUT2D eigenvalue weighted by atomic mass is 16.5. The maximum absolute atomic E-state index is 5.76. The second-order valence-electron chi connectivity index (χ2n) is 4.72. The molecule has 1 N–H and O–H groups in total. The van der Waals surface area contributed by atoms with Crippen LogP contribution in [0.15, 0.2) is 4.52 Å². The van der Waals surface area contributed by atoms with Crippen LogP contribution in [-0.4, -0.2) is 56.3 Å². The summed E-state index contributed by atoms with van der Waals surface area (Å²) in [5, 5.41) is 7.21. The van der Waals surface area contributed by atoms with E-state index in [2.05, 4.69) is 15.5 Å². The summed E-state index contributed by atoms with van der Waals surface area (Å²) in [4.78, 5) is 4.28. The van der Waals surface area contributed by atoms with E-state index in [1.54, 1.807) is 7.11 Å². The molecule has 1 aliphatic rings. The molecule has 114 valence electrons. The molecule has 0 unspecified atom stereocenters. The molecule has 0 saturated carbocycles. The minimum Gasteiger partial charge on any atom is -0.382 e. The fraction of sp³-hybridized carbons (Fsp3) is 0.846. The van der Waals surface area contributed by atoms with E-state index in [-0.39, 0.29) is 0 Å². The molecule has 1 saturated heterocycles. The largest absolute Gasteiger partial charge is 0.382 e. The average Bonchev–Trinajstić information content (AvgIpc) is 2.94. The van der Waals surface area contributed by atoms with E-state index in [1.165, 1.54) is 0 Å². The van der Waals surface area contributed by atoms with Crippen molar-refractivity contribution in [1.29, 1.82) is 0 Å². The molecule has 20 heavy (non-hydrogen) atoms. The summed E-state index contributed by atoms with van der Waals surface area (Å²) >= 11 is 0. The van der Waals surface area contributed by atoms with Crippen molar-refractivity contribution in [1.82, 2.24) is 15.5 Å². The van der Waals surface area contributed by atoms with Gasteiger partial charge in [0.1, 0.15) is 6.61 Å². The van der Waals surface area contributed by atoms with Crippen molar-refractivity contribution < 1.29 is 18.7 Å². The first-order chi connectivity index (χ1) is 9.88. The molecule has 7 nitrogen and oxygen atoms in total. The predicted octanol–water partition coefficient (Wildman–Crippen LogP) is 0.544. The highest BCUT2D eigenvalue weighted by Gasteiger charge is 2.15. The van der Waals surface area contributed by atoms with Crippen LogP contribution < -0.4 is 5.32 Å². The lowest BCUT2D eigenvalue weighted by Crippen LogP contribution is -2.32. The fourth-order valence-electron chi connectivity index (χ4n) is 2.01. The lowest BCUT2D eigenvalue weighted by Gasteiger charge is -2.21. The predicted molar refractivity (Wildman–Crippen MR) is 71.4 cm³/mol. The number of methoxy groups -OCH3 is 1. The minimum atomic E-state index is 0.295. The van der Waals surface area contributed by atoms with Gasteiger partial charge in [0.05, 0.1) is 25.9 Å². The molecule has 0 aromatic carbocycles. The number of hydrogen-bond acceptors (Lipinski definition) is 7. The van der Waals surface area contributed by atoms with Gasteiger partial charge in [0.25, 0.3) is 5.89 Å². The number of nitrogens with zero attached hydrogens (tertiary/aromatic N) is 2. The molecule has 7 heteroatoms.